The lowest BCUT2D eigenvalue weighted by atomic mass is 10.1. The zero-order valence-corrected chi connectivity index (χ0v) is 12.2. The molecule has 6 nitrogen and oxygen atoms in total. The minimum absolute atomic E-state index is 0.0174. The molecule has 0 saturated carbocycles. The summed E-state index contributed by atoms with van der Waals surface area (Å²) >= 11 is 0. The minimum Gasteiger partial charge on any atom is -0.397 e. The third-order valence-electron chi connectivity index (χ3n) is 3.22. The number of nitrogens with two attached hydrogens (primary N) is 1. The SMILES string of the molecule is CN(C)CC(C)(O)CNc1cc2c(cc1N)CC(=O)N2. The Labute approximate surface area is 119 Å². The molecule has 0 spiro atoms. The van der Waals surface area contributed by atoms with Gasteiger partial charge in [-0.2, -0.15) is 0 Å². The van der Waals surface area contributed by atoms with Crippen LogP contribution in [-0.4, -0.2) is 48.7 Å². The summed E-state index contributed by atoms with van der Waals surface area (Å²) in [5.41, 5.74) is 8.13. The number of carbonyl (C=O) groups is 1. The largest absolute Gasteiger partial charge is 0.397 e. The molecule has 1 aliphatic rings. The highest BCUT2D eigenvalue weighted by Crippen LogP contribution is 2.31. The molecule has 1 aromatic carbocycles. The van der Waals surface area contributed by atoms with Crippen LogP contribution < -0.4 is 16.4 Å². The summed E-state index contributed by atoms with van der Waals surface area (Å²) in [5.74, 6) is -0.0174. The summed E-state index contributed by atoms with van der Waals surface area (Å²) < 4.78 is 0. The van der Waals surface area contributed by atoms with Crippen LogP contribution in [0.5, 0.6) is 0 Å². The second kappa shape index (κ2) is 5.30. The fraction of sp³-hybridized carbons (Fsp3) is 0.500. The van der Waals surface area contributed by atoms with Gasteiger partial charge < -0.3 is 26.4 Å². The van der Waals surface area contributed by atoms with Gasteiger partial charge in [-0.15, -0.1) is 0 Å². The Morgan fingerprint density at radius 3 is 2.85 bits per heavy atom. The average molecular weight is 278 g/mol. The predicted octanol–water partition coefficient (Wildman–Crippen LogP) is 0.488. The smallest absolute Gasteiger partial charge is 0.228 e. The first kappa shape index (κ1) is 14.6. The van der Waals surface area contributed by atoms with Crippen molar-refractivity contribution < 1.29 is 9.90 Å². The van der Waals surface area contributed by atoms with Crippen LogP contribution in [0.4, 0.5) is 17.1 Å². The summed E-state index contributed by atoms with van der Waals surface area (Å²) in [6.45, 7) is 2.69. The second-order valence-corrected chi connectivity index (χ2v) is 5.91. The van der Waals surface area contributed by atoms with Gasteiger partial charge in [-0.3, -0.25) is 4.79 Å². The zero-order valence-electron chi connectivity index (χ0n) is 12.2. The fourth-order valence-electron chi connectivity index (χ4n) is 2.47. The minimum atomic E-state index is -0.863. The summed E-state index contributed by atoms with van der Waals surface area (Å²) in [5, 5.41) is 16.2. The number of anilines is 3. The lowest BCUT2D eigenvalue weighted by molar-refractivity contribution is -0.115. The van der Waals surface area contributed by atoms with Crippen LogP contribution in [0.1, 0.15) is 12.5 Å². The molecule has 0 radical (unpaired) electrons. The molecule has 110 valence electrons. The van der Waals surface area contributed by atoms with Crippen molar-refractivity contribution in [1.82, 2.24) is 4.90 Å². The maximum atomic E-state index is 11.3. The predicted molar refractivity (Wildman–Crippen MR) is 80.9 cm³/mol. The molecule has 0 aliphatic carbocycles. The molecule has 2 rings (SSSR count). The first-order valence-electron chi connectivity index (χ1n) is 6.60. The molecule has 20 heavy (non-hydrogen) atoms. The molecule has 1 aromatic rings. The molecule has 1 unspecified atom stereocenters. The van der Waals surface area contributed by atoms with E-state index < -0.39 is 5.60 Å². The number of rotatable bonds is 5. The van der Waals surface area contributed by atoms with Gasteiger partial charge in [0.2, 0.25) is 5.91 Å². The third kappa shape index (κ3) is 3.40. The van der Waals surface area contributed by atoms with Crippen molar-refractivity contribution >= 4 is 23.0 Å². The number of carbonyl (C=O) groups excluding carboxylic acids is 1. The molecule has 0 saturated heterocycles. The Morgan fingerprint density at radius 2 is 2.20 bits per heavy atom. The Kier molecular flexibility index (Phi) is 3.87. The van der Waals surface area contributed by atoms with Gasteiger partial charge >= 0.3 is 0 Å². The molecule has 1 aliphatic heterocycles. The summed E-state index contributed by atoms with van der Waals surface area (Å²) in [4.78, 5) is 13.3. The summed E-state index contributed by atoms with van der Waals surface area (Å²) in [6, 6.07) is 3.62. The van der Waals surface area contributed by atoms with Gasteiger partial charge in [-0.05, 0) is 38.7 Å². The normalized spacial score (nSPS) is 16.8. The fourth-order valence-corrected chi connectivity index (χ4v) is 2.47. The summed E-state index contributed by atoms with van der Waals surface area (Å²) in [7, 11) is 3.82. The van der Waals surface area contributed by atoms with Gasteiger partial charge in [-0.1, -0.05) is 0 Å². The molecular formula is C14H22N4O2. The number of hydrogen-bond donors (Lipinski definition) is 4. The molecule has 6 heteroatoms. The highest BCUT2D eigenvalue weighted by atomic mass is 16.3. The van der Waals surface area contributed by atoms with Crippen molar-refractivity contribution in [2.75, 3.05) is 43.6 Å². The Morgan fingerprint density at radius 1 is 1.50 bits per heavy atom. The van der Waals surface area contributed by atoms with E-state index in [0.717, 1.165) is 16.9 Å². The maximum Gasteiger partial charge on any atom is 0.228 e. The Balaban J connectivity index is 2.07. The van der Waals surface area contributed by atoms with E-state index in [0.29, 0.717) is 25.2 Å². The van der Waals surface area contributed by atoms with Crippen molar-refractivity contribution in [1.29, 1.82) is 0 Å². The lowest BCUT2D eigenvalue weighted by Gasteiger charge is -2.28. The topological polar surface area (TPSA) is 90.6 Å². The molecule has 0 bridgehead atoms. The van der Waals surface area contributed by atoms with Crippen molar-refractivity contribution in [2.45, 2.75) is 18.9 Å². The van der Waals surface area contributed by atoms with Crippen LogP contribution in [0.15, 0.2) is 12.1 Å². The Hall–Kier alpha value is -1.79. The number of amides is 1. The molecule has 1 amide bonds. The first-order valence-corrected chi connectivity index (χ1v) is 6.60. The van der Waals surface area contributed by atoms with Crippen LogP contribution >= 0.6 is 0 Å². The highest BCUT2D eigenvalue weighted by molar-refractivity contribution is 6.00. The van der Waals surface area contributed by atoms with E-state index in [1.165, 1.54) is 0 Å². The first-order chi connectivity index (χ1) is 9.27. The van der Waals surface area contributed by atoms with Crippen LogP contribution in [0, 0.1) is 0 Å². The summed E-state index contributed by atoms with van der Waals surface area (Å²) in [6.07, 6.45) is 0.373. The van der Waals surface area contributed by atoms with E-state index in [9.17, 15) is 9.90 Å². The molecule has 0 fully saturated rings. The van der Waals surface area contributed by atoms with Crippen LogP contribution in [0.2, 0.25) is 0 Å². The standard InChI is InChI=1S/C14H22N4O2/c1-14(20,8-18(2)3)7-16-12-6-11-9(4-10(12)15)5-13(19)17-11/h4,6,16,20H,5,7-8,15H2,1-3H3,(H,17,19). The molecule has 0 aromatic heterocycles. The third-order valence-corrected chi connectivity index (χ3v) is 3.22. The average Bonchev–Trinajstić information content (AvgIpc) is 2.63. The second-order valence-electron chi connectivity index (χ2n) is 5.91. The van der Waals surface area contributed by atoms with Gasteiger partial charge in [0.05, 0.1) is 23.4 Å². The molecule has 1 heterocycles. The number of nitrogen functional groups attached to an aromatic ring is 1. The van der Waals surface area contributed by atoms with E-state index in [1.54, 1.807) is 13.0 Å². The van der Waals surface area contributed by atoms with E-state index >= 15 is 0 Å². The van der Waals surface area contributed by atoms with Gasteiger partial charge in [-0.25, -0.2) is 0 Å². The van der Waals surface area contributed by atoms with E-state index in [4.69, 9.17) is 5.73 Å². The number of fused-ring (bicyclic) bond motifs is 1. The van der Waals surface area contributed by atoms with Crippen molar-refractivity contribution in [2.24, 2.45) is 0 Å². The van der Waals surface area contributed by atoms with Crippen LogP contribution in [0.3, 0.4) is 0 Å². The number of nitrogens with zero attached hydrogens (tertiary/aromatic N) is 1. The number of benzene rings is 1. The number of aliphatic hydroxyl groups is 1. The van der Waals surface area contributed by atoms with Crippen molar-refractivity contribution in [3.05, 3.63) is 17.7 Å². The van der Waals surface area contributed by atoms with E-state index in [2.05, 4.69) is 10.6 Å². The molecule has 5 N–H and O–H groups in total. The van der Waals surface area contributed by atoms with Crippen LogP contribution in [0.25, 0.3) is 0 Å². The lowest BCUT2D eigenvalue weighted by Crippen LogP contribution is -2.43. The molecular weight excluding hydrogens is 256 g/mol. The molecule has 1 atom stereocenters. The number of nitrogens with one attached hydrogen (secondary N) is 2. The van der Waals surface area contributed by atoms with E-state index in [1.807, 2.05) is 25.1 Å². The zero-order chi connectivity index (χ0) is 14.9. The monoisotopic (exact) mass is 278 g/mol. The van der Waals surface area contributed by atoms with Gasteiger partial charge in [0.15, 0.2) is 0 Å². The van der Waals surface area contributed by atoms with Gasteiger partial charge in [0.25, 0.3) is 0 Å². The van der Waals surface area contributed by atoms with Crippen molar-refractivity contribution in [3.8, 4) is 0 Å². The van der Waals surface area contributed by atoms with Gasteiger partial charge in [0.1, 0.15) is 0 Å². The van der Waals surface area contributed by atoms with Crippen molar-refractivity contribution in [3.63, 3.8) is 0 Å². The highest BCUT2D eigenvalue weighted by Gasteiger charge is 2.23. The number of hydrogen-bond acceptors (Lipinski definition) is 5. The van der Waals surface area contributed by atoms with E-state index in [-0.39, 0.29) is 5.91 Å². The number of likely N-dealkylation sites (N-methyl/N-ethyl adjacent to an activating group) is 1. The quantitative estimate of drug-likeness (QED) is 0.588. The van der Waals surface area contributed by atoms with Crippen LogP contribution in [-0.2, 0) is 11.2 Å². The Bertz CT molecular complexity index is 526. The van der Waals surface area contributed by atoms with Gasteiger partial charge in [0, 0.05) is 18.8 Å². The maximum absolute atomic E-state index is 11.3.